The van der Waals surface area contributed by atoms with Gasteiger partial charge in [0.2, 0.25) is 5.91 Å². The molecule has 0 saturated carbocycles. The van der Waals surface area contributed by atoms with E-state index in [0.29, 0.717) is 12.3 Å². The van der Waals surface area contributed by atoms with Gasteiger partial charge in [-0.15, -0.1) is 0 Å². The van der Waals surface area contributed by atoms with E-state index in [-0.39, 0.29) is 18.3 Å². The zero-order valence-electron chi connectivity index (χ0n) is 17.9. The van der Waals surface area contributed by atoms with Crippen LogP contribution in [0.2, 0.25) is 0 Å². The van der Waals surface area contributed by atoms with Gasteiger partial charge in [0, 0.05) is 30.6 Å². The van der Waals surface area contributed by atoms with E-state index in [0.717, 1.165) is 39.0 Å². The van der Waals surface area contributed by atoms with Crippen molar-refractivity contribution in [3.63, 3.8) is 0 Å². The first-order chi connectivity index (χ1) is 15.5. The number of carbonyl (C=O) groups is 1. The lowest BCUT2D eigenvalue weighted by Gasteiger charge is -2.17. The second-order valence-corrected chi connectivity index (χ2v) is 7.48. The summed E-state index contributed by atoms with van der Waals surface area (Å²) in [5.41, 5.74) is 5.44. The van der Waals surface area contributed by atoms with Crippen molar-refractivity contribution in [1.29, 1.82) is 0 Å². The van der Waals surface area contributed by atoms with Gasteiger partial charge in [-0.3, -0.25) is 14.8 Å². The van der Waals surface area contributed by atoms with Crippen LogP contribution < -0.4 is 4.74 Å². The molecule has 0 fully saturated rings. The molecule has 0 saturated heterocycles. The first-order valence-corrected chi connectivity index (χ1v) is 10.2. The summed E-state index contributed by atoms with van der Waals surface area (Å²) in [5, 5.41) is 0. The number of aromatic amines is 1. The third-order valence-electron chi connectivity index (χ3n) is 5.17. The van der Waals surface area contributed by atoms with E-state index >= 15 is 0 Å². The van der Waals surface area contributed by atoms with Gasteiger partial charge in [0.05, 0.1) is 29.5 Å². The van der Waals surface area contributed by atoms with Gasteiger partial charge in [-0.2, -0.15) is 0 Å². The molecule has 0 radical (unpaired) electrons. The average molecular weight is 430 g/mol. The number of benzene rings is 1. The van der Waals surface area contributed by atoms with Gasteiger partial charge in [0.1, 0.15) is 18.2 Å². The largest absolute Gasteiger partial charge is 0.489 e. The summed E-state index contributed by atoms with van der Waals surface area (Å²) in [6.45, 7) is 6.02. The van der Waals surface area contributed by atoms with Crippen molar-refractivity contribution in [2.75, 3.05) is 20.2 Å². The summed E-state index contributed by atoms with van der Waals surface area (Å²) >= 11 is 0. The van der Waals surface area contributed by atoms with Gasteiger partial charge in [0.15, 0.2) is 0 Å². The van der Waals surface area contributed by atoms with Crippen molar-refractivity contribution in [3.8, 4) is 28.1 Å². The molecule has 0 aliphatic rings. The number of aryl methyl sites for hydroxylation is 1. The number of nitrogens with one attached hydrogen (secondary N) is 1. The Morgan fingerprint density at radius 2 is 2.12 bits per heavy atom. The maximum Gasteiger partial charge on any atom is 0.245 e. The molecule has 4 aromatic rings. The number of likely N-dealkylation sites (N-methyl/N-ethyl adjacent to an activating group) is 1. The molecule has 0 unspecified atom stereocenters. The fourth-order valence-electron chi connectivity index (χ4n) is 3.64. The molecule has 3 aromatic heterocycles. The molecule has 0 bridgehead atoms. The molecule has 7 heteroatoms. The number of hydrogen-bond acceptors (Lipinski definition) is 4. The van der Waals surface area contributed by atoms with Crippen LogP contribution in [0.1, 0.15) is 5.56 Å². The van der Waals surface area contributed by atoms with Crippen LogP contribution in [0.4, 0.5) is 4.39 Å². The minimum absolute atomic E-state index is 0.175. The number of halogens is 1. The number of nitrogens with zero attached hydrogens (tertiary/aromatic N) is 3. The highest BCUT2D eigenvalue weighted by Crippen LogP contribution is 2.40. The molecule has 162 valence electrons. The van der Waals surface area contributed by atoms with Crippen molar-refractivity contribution in [2.24, 2.45) is 0 Å². The Hall–Kier alpha value is -4.00. The molecule has 4 rings (SSSR count). The van der Waals surface area contributed by atoms with Crippen LogP contribution in [-0.2, 0) is 4.79 Å². The van der Waals surface area contributed by atoms with Gasteiger partial charge in [-0.1, -0.05) is 12.6 Å². The number of pyridine rings is 2. The Labute approximate surface area is 185 Å². The van der Waals surface area contributed by atoms with E-state index in [2.05, 4.69) is 21.5 Å². The summed E-state index contributed by atoms with van der Waals surface area (Å²) in [7, 11) is 1.69. The van der Waals surface area contributed by atoms with E-state index in [1.165, 1.54) is 23.1 Å². The van der Waals surface area contributed by atoms with E-state index in [1.54, 1.807) is 25.6 Å². The normalized spacial score (nSPS) is 10.8. The Bertz CT molecular complexity index is 1280. The van der Waals surface area contributed by atoms with Gasteiger partial charge in [0.25, 0.3) is 0 Å². The van der Waals surface area contributed by atoms with E-state index in [1.807, 2.05) is 31.2 Å². The topological polar surface area (TPSA) is 71.1 Å². The van der Waals surface area contributed by atoms with Gasteiger partial charge >= 0.3 is 0 Å². The predicted octanol–water partition coefficient (Wildman–Crippen LogP) is 4.76. The van der Waals surface area contributed by atoms with Crippen molar-refractivity contribution >= 4 is 16.9 Å². The van der Waals surface area contributed by atoms with Crippen molar-refractivity contribution < 1.29 is 13.9 Å². The predicted molar refractivity (Wildman–Crippen MR) is 123 cm³/mol. The molecule has 0 spiro atoms. The third-order valence-corrected chi connectivity index (χ3v) is 5.17. The summed E-state index contributed by atoms with van der Waals surface area (Å²) in [5.74, 6) is 0.0655. The monoisotopic (exact) mass is 430 g/mol. The summed E-state index contributed by atoms with van der Waals surface area (Å²) in [4.78, 5) is 25.4. The molecule has 6 nitrogen and oxygen atoms in total. The number of H-pyrrole nitrogens is 1. The van der Waals surface area contributed by atoms with Crippen LogP contribution >= 0.6 is 0 Å². The Balaban J connectivity index is 1.78. The minimum Gasteiger partial charge on any atom is -0.489 e. The molecule has 32 heavy (non-hydrogen) atoms. The number of hydrogen-bond donors (Lipinski definition) is 1. The lowest BCUT2D eigenvalue weighted by atomic mass is 9.99. The van der Waals surface area contributed by atoms with Crippen LogP contribution in [0.5, 0.6) is 5.75 Å². The van der Waals surface area contributed by atoms with Crippen LogP contribution in [0.3, 0.4) is 0 Å². The molecule has 1 N–H and O–H groups in total. The Morgan fingerprint density at radius 1 is 1.28 bits per heavy atom. The quantitative estimate of drug-likeness (QED) is 0.429. The number of carbonyl (C=O) groups excluding carboxylic acids is 1. The zero-order valence-corrected chi connectivity index (χ0v) is 17.9. The first kappa shape index (κ1) is 21.2. The Kier molecular flexibility index (Phi) is 5.98. The van der Waals surface area contributed by atoms with E-state index in [9.17, 15) is 9.18 Å². The van der Waals surface area contributed by atoms with E-state index < -0.39 is 0 Å². The third kappa shape index (κ3) is 4.23. The number of amides is 1. The van der Waals surface area contributed by atoms with Crippen molar-refractivity contribution in [3.05, 3.63) is 79.0 Å². The Morgan fingerprint density at radius 3 is 2.91 bits per heavy atom. The highest BCUT2D eigenvalue weighted by atomic mass is 19.1. The van der Waals surface area contributed by atoms with Crippen molar-refractivity contribution in [1.82, 2.24) is 19.9 Å². The zero-order chi connectivity index (χ0) is 22.7. The molecule has 0 aliphatic heterocycles. The van der Waals surface area contributed by atoms with Gasteiger partial charge in [-0.25, -0.2) is 4.39 Å². The van der Waals surface area contributed by atoms with E-state index in [4.69, 9.17) is 4.74 Å². The second kappa shape index (κ2) is 9.01. The summed E-state index contributed by atoms with van der Waals surface area (Å²) in [6, 6.07) is 10.5. The second-order valence-electron chi connectivity index (χ2n) is 7.48. The fraction of sp³-hybridized carbons (Fsp3) is 0.160. The molecule has 1 aromatic carbocycles. The lowest BCUT2D eigenvalue weighted by Crippen LogP contribution is -2.29. The summed E-state index contributed by atoms with van der Waals surface area (Å²) in [6.07, 6.45) is 6.28. The number of ether oxygens (including phenoxy) is 1. The molecular formula is C25H23FN4O2. The number of aromatic nitrogens is 3. The van der Waals surface area contributed by atoms with Crippen molar-refractivity contribution in [2.45, 2.75) is 6.92 Å². The van der Waals surface area contributed by atoms with Gasteiger partial charge < -0.3 is 14.6 Å². The molecule has 0 aliphatic carbocycles. The summed E-state index contributed by atoms with van der Waals surface area (Å²) < 4.78 is 20.3. The SMILES string of the molecule is C=CC(=O)N(C)CCOc1cnccc1-c1[nH]c2cccnc2c1-c1cc(C)cc(F)c1. The van der Waals surface area contributed by atoms with Crippen LogP contribution in [0.25, 0.3) is 33.4 Å². The minimum atomic E-state index is -0.308. The molecular weight excluding hydrogens is 407 g/mol. The number of rotatable bonds is 7. The standard InChI is InChI=1S/C25H23FN4O2/c1-4-22(31)30(3)10-11-32-21-15-27-9-7-19(21)24-23(17-12-16(2)13-18(26)14-17)25-20(29-24)6-5-8-28-25/h4-9,12-15,29H,1,10-11H2,2-3H3. The van der Waals surface area contributed by atoms with Gasteiger partial charge in [-0.05, 0) is 54.5 Å². The molecule has 3 heterocycles. The average Bonchev–Trinajstić information content (AvgIpc) is 3.17. The maximum absolute atomic E-state index is 14.3. The maximum atomic E-state index is 14.3. The smallest absolute Gasteiger partial charge is 0.245 e. The van der Waals surface area contributed by atoms with Crippen LogP contribution in [0, 0.1) is 12.7 Å². The van der Waals surface area contributed by atoms with Crippen LogP contribution in [0.15, 0.2) is 67.6 Å². The molecule has 0 atom stereocenters. The fourth-order valence-corrected chi connectivity index (χ4v) is 3.64. The van der Waals surface area contributed by atoms with Crippen LogP contribution in [-0.4, -0.2) is 46.0 Å². The molecule has 1 amide bonds. The number of fused-ring (bicyclic) bond motifs is 1. The lowest BCUT2D eigenvalue weighted by molar-refractivity contribution is -0.125. The first-order valence-electron chi connectivity index (χ1n) is 10.2. The highest BCUT2D eigenvalue weighted by molar-refractivity contribution is 6.02. The highest BCUT2D eigenvalue weighted by Gasteiger charge is 2.20.